The van der Waals surface area contributed by atoms with Crippen LogP contribution >= 0.6 is 0 Å². The van der Waals surface area contributed by atoms with Gasteiger partial charge in [0, 0.05) is 77.7 Å². The van der Waals surface area contributed by atoms with Gasteiger partial charge in [-0.15, -0.1) is 0 Å². The Labute approximate surface area is 177 Å². The summed E-state index contributed by atoms with van der Waals surface area (Å²) >= 11 is 0. The maximum absolute atomic E-state index is 13.0. The first-order valence-corrected chi connectivity index (χ1v) is 10.6. The van der Waals surface area contributed by atoms with Crippen molar-refractivity contribution in [1.29, 1.82) is 0 Å². The molecule has 0 bridgehead atoms. The molecule has 1 N–H and O–H groups in total. The molecule has 3 rings (SSSR count). The summed E-state index contributed by atoms with van der Waals surface area (Å²) in [6.45, 7) is 10.2. The molecule has 1 unspecified atom stereocenters. The minimum Gasteiger partial charge on any atom is -0.368 e. The highest BCUT2D eigenvalue weighted by Gasteiger charge is 2.31. The molecule has 168 valence electrons. The van der Waals surface area contributed by atoms with E-state index in [1.807, 2.05) is 4.90 Å². The second kappa shape index (κ2) is 9.87. The van der Waals surface area contributed by atoms with Crippen LogP contribution in [0.3, 0.4) is 0 Å². The molecule has 30 heavy (non-hydrogen) atoms. The minimum atomic E-state index is -4.32. The van der Waals surface area contributed by atoms with Gasteiger partial charge in [0.2, 0.25) is 0 Å². The Morgan fingerprint density at radius 3 is 2.33 bits per heavy atom. The Hall–Kier alpha value is -2.00. The molecule has 1 aromatic rings. The van der Waals surface area contributed by atoms with Crippen LogP contribution in [0, 0.1) is 0 Å². The number of rotatable bonds is 4. The van der Waals surface area contributed by atoms with Crippen molar-refractivity contribution in [3.05, 3.63) is 29.8 Å². The first-order valence-electron chi connectivity index (χ1n) is 10.6. The van der Waals surface area contributed by atoms with Crippen molar-refractivity contribution < 1.29 is 13.2 Å². The Kier molecular flexibility index (Phi) is 7.46. The average molecular weight is 427 g/mol. The van der Waals surface area contributed by atoms with Gasteiger partial charge < -0.3 is 20.0 Å². The Morgan fingerprint density at radius 1 is 1.07 bits per heavy atom. The van der Waals surface area contributed by atoms with E-state index in [-0.39, 0.29) is 0 Å². The molecule has 2 saturated heterocycles. The number of anilines is 1. The highest BCUT2D eigenvalue weighted by atomic mass is 19.4. The number of aliphatic imine (C=N–C) groups is 1. The van der Waals surface area contributed by atoms with Gasteiger partial charge in [-0.25, -0.2) is 0 Å². The van der Waals surface area contributed by atoms with Gasteiger partial charge in [-0.05, 0) is 32.2 Å². The minimum absolute atomic E-state index is 0.418. The maximum atomic E-state index is 13.0. The van der Waals surface area contributed by atoms with E-state index in [1.54, 1.807) is 13.1 Å². The lowest BCUT2D eigenvalue weighted by atomic mass is 10.1. The Balaban J connectivity index is 1.50. The normalized spacial score (nSPS) is 21.1. The molecule has 2 aliphatic heterocycles. The van der Waals surface area contributed by atoms with Crippen LogP contribution in [0.1, 0.15) is 12.5 Å². The first kappa shape index (κ1) is 22.7. The van der Waals surface area contributed by atoms with Crippen molar-refractivity contribution in [2.24, 2.45) is 4.99 Å². The molecule has 1 atom stereocenters. The number of alkyl halides is 3. The molecular weight excluding hydrogens is 393 g/mol. The zero-order valence-corrected chi connectivity index (χ0v) is 18.1. The van der Waals surface area contributed by atoms with Gasteiger partial charge in [-0.2, -0.15) is 13.2 Å². The van der Waals surface area contributed by atoms with E-state index in [0.29, 0.717) is 24.8 Å². The van der Waals surface area contributed by atoms with Gasteiger partial charge >= 0.3 is 6.18 Å². The van der Waals surface area contributed by atoms with E-state index >= 15 is 0 Å². The summed E-state index contributed by atoms with van der Waals surface area (Å²) in [4.78, 5) is 13.4. The van der Waals surface area contributed by atoms with Crippen molar-refractivity contribution in [2.45, 2.75) is 19.1 Å². The van der Waals surface area contributed by atoms with Gasteiger partial charge in [-0.3, -0.25) is 9.89 Å². The van der Waals surface area contributed by atoms with E-state index in [0.717, 1.165) is 57.8 Å². The largest absolute Gasteiger partial charge is 0.416 e. The third kappa shape index (κ3) is 5.78. The predicted molar refractivity (Wildman–Crippen MR) is 115 cm³/mol. The third-order valence-corrected chi connectivity index (χ3v) is 6.05. The molecular formula is C21H33F3N6. The number of benzene rings is 1. The molecule has 0 aromatic heterocycles. The number of likely N-dealkylation sites (N-methyl/N-ethyl adjacent to an activating group) is 1. The van der Waals surface area contributed by atoms with Crippen LogP contribution in [-0.2, 0) is 6.18 Å². The van der Waals surface area contributed by atoms with Crippen molar-refractivity contribution in [3.63, 3.8) is 0 Å². The van der Waals surface area contributed by atoms with E-state index in [9.17, 15) is 13.2 Å². The second-order valence-corrected chi connectivity index (χ2v) is 8.14. The standard InChI is InChI=1S/C21H33F3N6/c1-17(28-9-7-27(3)8-10-28)16-26-20(25-2)30-13-11-29(12-14-30)19-6-4-5-18(15-19)21(22,23)24/h4-6,15,17H,7-14,16H2,1-3H3,(H,25,26). The topological polar surface area (TPSA) is 37.4 Å². The fraction of sp³-hybridized carbons (Fsp3) is 0.667. The zero-order chi connectivity index (χ0) is 21.7. The Morgan fingerprint density at radius 2 is 1.73 bits per heavy atom. The second-order valence-electron chi connectivity index (χ2n) is 8.14. The molecule has 0 radical (unpaired) electrons. The predicted octanol–water partition coefficient (Wildman–Crippen LogP) is 2.04. The van der Waals surface area contributed by atoms with Crippen molar-refractivity contribution in [1.82, 2.24) is 20.0 Å². The molecule has 9 heteroatoms. The summed E-state index contributed by atoms with van der Waals surface area (Å²) in [5, 5.41) is 3.48. The van der Waals surface area contributed by atoms with Crippen molar-refractivity contribution >= 4 is 11.6 Å². The maximum Gasteiger partial charge on any atom is 0.416 e. The lowest BCUT2D eigenvalue weighted by Gasteiger charge is -2.39. The molecule has 2 aliphatic rings. The summed E-state index contributed by atoms with van der Waals surface area (Å²) in [7, 11) is 3.93. The number of hydrogen-bond acceptors (Lipinski definition) is 4. The molecule has 1 aromatic carbocycles. The van der Waals surface area contributed by atoms with Crippen LogP contribution in [0.4, 0.5) is 18.9 Å². The lowest BCUT2D eigenvalue weighted by molar-refractivity contribution is -0.137. The van der Waals surface area contributed by atoms with Gasteiger partial charge in [0.15, 0.2) is 5.96 Å². The van der Waals surface area contributed by atoms with Crippen LogP contribution < -0.4 is 10.2 Å². The molecule has 2 fully saturated rings. The van der Waals surface area contributed by atoms with Gasteiger partial charge in [-0.1, -0.05) is 6.07 Å². The molecule has 0 amide bonds. The number of halogens is 3. The number of hydrogen-bond donors (Lipinski definition) is 1. The monoisotopic (exact) mass is 426 g/mol. The zero-order valence-electron chi connectivity index (χ0n) is 18.1. The molecule has 0 spiro atoms. The van der Waals surface area contributed by atoms with Crippen LogP contribution in [0.15, 0.2) is 29.3 Å². The highest BCUT2D eigenvalue weighted by Crippen LogP contribution is 2.31. The van der Waals surface area contributed by atoms with Gasteiger partial charge in [0.1, 0.15) is 0 Å². The fourth-order valence-corrected chi connectivity index (χ4v) is 4.02. The van der Waals surface area contributed by atoms with E-state index in [2.05, 4.69) is 39.0 Å². The van der Waals surface area contributed by atoms with Crippen molar-refractivity contribution in [3.8, 4) is 0 Å². The quantitative estimate of drug-likeness (QED) is 0.589. The van der Waals surface area contributed by atoms with Gasteiger partial charge in [0.05, 0.1) is 5.56 Å². The average Bonchev–Trinajstić information content (AvgIpc) is 2.74. The fourth-order valence-electron chi connectivity index (χ4n) is 4.02. The molecule has 0 aliphatic carbocycles. The van der Waals surface area contributed by atoms with Gasteiger partial charge in [0.25, 0.3) is 0 Å². The first-order chi connectivity index (χ1) is 14.3. The molecule has 0 saturated carbocycles. The van der Waals surface area contributed by atoms with Crippen LogP contribution in [0.5, 0.6) is 0 Å². The van der Waals surface area contributed by atoms with Crippen LogP contribution in [-0.4, -0.2) is 99.7 Å². The van der Waals surface area contributed by atoms with E-state index < -0.39 is 11.7 Å². The Bertz CT molecular complexity index is 707. The molecule has 6 nitrogen and oxygen atoms in total. The number of nitrogens with zero attached hydrogens (tertiary/aromatic N) is 5. The van der Waals surface area contributed by atoms with Crippen molar-refractivity contribution in [2.75, 3.05) is 77.9 Å². The SMILES string of the molecule is CN=C(NCC(C)N1CCN(C)CC1)N1CCN(c2cccc(C(F)(F)F)c2)CC1. The molecule has 2 heterocycles. The summed E-state index contributed by atoms with van der Waals surface area (Å²) in [6.07, 6.45) is -4.32. The smallest absolute Gasteiger partial charge is 0.368 e. The van der Waals surface area contributed by atoms with E-state index in [4.69, 9.17) is 0 Å². The number of piperazine rings is 2. The summed E-state index contributed by atoms with van der Waals surface area (Å²) in [5.74, 6) is 0.861. The third-order valence-electron chi connectivity index (χ3n) is 6.05. The highest BCUT2D eigenvalue weighted by molar-refractivity contribution is 5.80. The lowest BCUT2D eigenvalue weighted by Crippen LogP contribution is -2.55. The summed E-state index contributed by atoms with van der Waals surface area (Å²) in [5.41, 5.74) is 0.0221. The number of guanidine groups is 1. The summed E-state index contributed by atoms with van der Waals surface area (Å²) in [6, 6.07) is 6.00. The summed E-state index contributed by atoms with van der Waals surface area (Å²) < 4.78 is 39.0. The van der Waals surface area contributed by atoms with Crippen LogP contribution in [0.25, 0.3) is 0 Å². The van der Waals surface area contributed by atoms with E-state index in [1.165, 1.54) is 12.1 Å². The van der Waals surface area contributed by atoms with Crippen LogP contribution in [0.2, 0.25) is 0 Å². The number of nitrogens with one attached hydrogen (secondary N) is 1.